The Morgan fingerprint density at radius 1 is 1.23 bits per heavy atom. The molecule has 0 saturated carbocycles. The Labute approximate surface area is 175 Å². The number of rotatable bonds is 6. The number of hydrogen-bond donors (Lipinski definition) is 0. The summed E-state index contributed by atoms with van der Waals surface area (Å²) in [6, 6.07) is 6.84. The van der Waals surface area contributed by atoms with Crippen molar-refractivity contribution in [3.8, 4) is 5.75 Å². The second kappa shape index (κ2) is 8.42. The average Bonchev–Trinajstić information content (AvgIpc) is 2.64. The number of hydrogen-bond acceptors (Lipinski definition) is 7. The summed E-state index contributed by atoms with van der Waals surface area (Å²) in [5.74, 6) is -3.04. The first-order chi connectivity index (χ1) is 14.1. The van der Waals surface area contributed by atoms with E-state index >= 15 is 0 Å². The van der Waals surface area contributed by atoms with Crippen molar-refractivity contribution in [3.05, 3.63) is 41.1 Å². The van der Waals surface area contributed by atoms with Gasteiger partial charge in [0.15, 0.2) is 5.78 Å². The fraction of sp³-hybridized carbons (Fsp3) is 0.478. The highest BCUT2D eigenvalue weighted by atomic mass is 16.5. The van der Waals surface area contributed by atoms with Gasteiger partial charge in [0.05, 0.1) is 12.6 Å². The van der Waals surface area contributed by atoms with Crippen LogP contribution in [0.1, 0.15) is 52.0 Å². The van der Waals surface area contributed by atoms with Crippen LogP contribution in [0.15, 0.2) is 40.5 Å². The number of ether oxygens (including phenoxy) is 2. The highest BCUT2D eigenvalue weighted by molar-refractivity contribution is 6.09. The quantitative estimate of drug-likeness (QED) is 0.663. The second-order valence-corrected chi connectivity index (χ2v) is 8.46. The number of esters is 1. The maximum absolute atomic E-state index is 13.2. The Hall–Kier alpha value is -2.96. The summed E-state index contributed by atoms with van der Waals surface area (Å²) in [6.07, 6.45) is 0.952. The molecule has 2 aliphatic rings. The van der Waals surface area contributed by atoms with Crippen molar-refractivity contribution < 1.29 is 29.0 Å². The molecule has 30 heavy (non-hydrogen) atoms. The van der Waals surface area contributed by atoms with E-state index in [0.717, 1.165) is 0 Å². The molecule has 0 spiro atoms. The predicted molar refractivity (Wildman–Crippen MR) is 108 cm³/mol. The van der Waals surface area contributed by atoms with E-state index in [0.29, 0.717) is 41.1 Å². The van der Waals surface area contributed by atoms with Gasteiger partial charge in [-0.2, -0.15) is 0 Å². The van der Waals surface area contributed by atoms with E-state index in [1.807, 2.05) is 13.8 Å². The molecule has 0 aromatic heterocycles. The van der Waals surface area contributed by atoms with Gasteiger partial charge in [-0.15, -0.1) is 0 Å². The van der Waals surface area contributed by atoms with Gasteiger partial charge in [0.25, 0.3) is 0 Å². The number of aliphatic carboxylic acids is 1. The number of para-hydroxylation sites is 1. The molecular weight excluding hydrogens is 386 g/mol. The Kier molecular flexibility index (Phi) is 6.10. The number of carboxylic acids is 1. The first kappa shape index (κ1) is 21.7. The van der Waals surface area contributed by atoms with Crippen molar-refractivity contribution in [2.24, 2.45) is 16.3 Å². The summed E-state index contributed by atoms with van der Waals surface area (Å²) in [5, 5.41) is 10.9. The summed E-state index contributed by atoms with van der Waals surface area (Å²) in [5.41, 5.74) is 2.06. The largest absolute Gasteiger partial charge is 0.546 e. The Morgan fingerprint density at radius 3 is 2.60 bits per heavy atom. The number of allylic oxidation sites excluding steroid dienone is 2. The fourth-order valence-electron chi connectivity index (χ4n) is 4.32. The van der Waals surface area contributed by atoms with Crippen molar-refractivity contribution in [2.45, 2.75) is 46.5 Å². The number of Topliss-reactive ketones (excluding diaryl/α,β-unsaturated/α-hetero) is 1. The third kappa shape index (κ3) is 4.30. The Morgan fingerprint density at radius 2 is 1.93 bits per heavy atom. The lowest BCUT2D eigenvalue weighted by atomic mass is 9.66. The zero-order valence-electron chi connectivity index (χ0n) is 17.7. The molecule has 3 rings (SSSR count). The molecule has 1 heterocycles. The van der Waals surface area contributed by atoms with Crippen LogP contribution in [0.5, 0.6) is 5.75 Å². The summed E-state index contributed by atoms with van der Waals surface area (Å²) >= 11 is 0. The lowest BCUT2D eigenvalue weighted by molar-refractivity contribution is -0.307. The molecule has 1 aliphatic heterocycles. The second-order valence-electron chi connectivity index (χ2n) is 8.46. The van der Waals surface area contributed by atoms with Crippen molar-refractivity contribution in [1.29, 1.82) is 0 Å². The molecule has 0 amide bonds. The highest BCUT2D eigenvalue weighted by Crippen LogP contribution is 2.49. The smallest absolute Gasteiger partial charge is 0.315 e. The van der Waals surface area contributed by atoms with Crippen LogP contribution in [0.4, 0.5) is 0 Å². The van der Waals surface area contributed by atoms with Crippen LogP contribution in [-0.4, -0.2) is 36.6 Å². The Bertz CT molecular complexity index is 943. The van der Waals surface area contributed by atoms with Crippen LogP contribution in [-0.2, 0) is 19.1 Å². The maximum Gasteiger partial charge on any atom is 0.315 e. The van der Waals surface area contributed by atoms with Gasteiger partial charge in [-0.1, -0.05) is 32.0 Å². The summed E-state index contributed by atoms with van der Waals surface area (Å²) in [6.45, 7) is 7.08. The molecule has 1 aromatic carbocycles. The summed E-state index contributed by atoms with van der Waals surface area (Å²) in [7, 11) is 0. The molecular formula is C23H26NO6-. The molecule has 7 heteroatoms. The molecule has 0 saturated heterocycles. The van der Waals surface area contributed by atoms with Gasteiger partial charge in [0, 0.05) is 34.9 Å². The first-order valence-corrected chi connectivity index (χ1v) is 10.0. The molecule has 0 radical (unpaired) electrons. The van der Waals surface area contributed by atoms with Crippen LogP contribution in [0, 0.1) is 11.3 Å². The monoisotopic (exact) mass is 412 g/mol. The van der Waals surface area contributed by atoms with Crippen molar-refractivity contribution in [2.75, 3.05) is 13.2 Å². The van der Waals surface area contributed by atoms with Gasteiger partial charge in [0.2, 0.25) is 0 Å². The van der Waals surface area contributed by atoms with Gasteiger partial charge in [-0.3, -0.25) is 14.6 Å². The average molecular weight is 412 g/mol. The van der Waals surface area contributed by atoms with Gasteiger partial charge >= 0.3 is 5.97 Å². The highest BCUT2D eigenvalue weighted by Gasteiger charge is 2.46. The number of carbonyl (C=O) groups is 3. The normalized spacial score (nSPS) is 22.8. The van der Waals surface area contributed by atoms with E-state index in [2.05, 4.69) is 4.99 Å². The van der Waals surface area contributed by atoms with E-state index in [1.165, 1.54) is 0 Å². The van der Waals surface area contributed by atoms with E-state index in [9.17, 15) is 19.5 Å². The molecule has 1 aliphatic carbocycles. The van der Waals surface area contributed by atoms with Crippen molar-refractivity contribution >= 4 is 23.4 Å². The molecule has 2 atom stereocenters. The van der Waals surface area contributed by atoms with E-state index in [-0.39, 0.29) is 17.8 Å². The molecule has 0 bridgehead atoms. The zero-order chi connectivity index (χ0) is 22.1. The third-order valence-electron chi connectivity index (χ3n) is 5.44. The van der Waals surface area contributed by atoms with Crippen LogP contribution in [0.3, 0.4) is 0 Å². The number of benzene rings is 1. The number of carbonyl (C=O) groups excluding carboxylic acids is 3. The molecule has 0 N–H and O–H groups in total. The molecule has 7 nitrogen and oxygen atoms in total. The molecule has 160 valence electrons. The zero-order valence-corrected chi connectivity index (χ0v) is 17.7. The van der Waals surface area contributed by atoms with Crippen LogP contribution in [0.2, 0.25) is 0 Å². The minimum absolute atomic E-state index is 0.0634. The Balaban J connectivity index is 2.17. The maximum atomic E-state index is 13.2. The van der Waals surface area contributed by atoms with Gasteiger partial charge in [-0.25, -0.2) is 0 Å². The summed E-state index contributed by atoms with van der Waals surface area (Å²) in [4.78, 5) is 41.7. The topological polar surface area (TPSA) is 105 Å². The number of ketones is 1. The number of nitrogens with zero attached hydrogens (tertiary/aromatic N) is 1. The number of carboxylic acid groups (broad SMARTS) is 1. The van der Waals surface area contributed by atoms with E-state index in [1.54, 1.807) is 38.1 Å². The lowest BCUT2D eigenvalue weighted by Crippen LogP contribution is -2.39. The molecule has 1 unspecified atom stereocenters. The minimum Gasteiger partial charge on any atom is -0.546 e. The lowest BCUT2D eigenvalue weighted by Gasteiger charge is -2.39. The fourth-order valence-corrected chi connectivity index (χ4v) is 4.32. The minimum atomic E-state index is -1.36. The van der Waals surface area contributed by atoms with Crippen molar-refractivity contribution in [1.82, 2.24) is 0 Å². The van der Waals surface area contributed by atoms with E-state index < -0.39 is 30.4 Å². The number of aliphatic imine (C=N–C) groups is 1. The summed E-state index contributed by atoms with van der Waals surface area (Å²) < 4.78 is 10.7. The van der Waals surface area contributed by atoms with Gasteiger partial charge in [-0.05, 0) is 31.7 Å². The van der Waals surface area contributed by atoms with E-state index in [4.69, 9.17) is 9.47 Å². The van der Waals surface area contributed by atoms with Crippen molar-refractivity contribution in [3.63, 3.8) is 0 Å². The molecule has 0 fully saturated rings. The van der Waals surface area contributed by atoms with Gasteiger partial charge < -0.3 is 19.4 Å². The van der Waals surface area contributed by atoms with Crippen LogP contribution < -0.4 is 9.84 Å². The van der Waals surface area contributed by atoms with Crippen LogP contribution in [0.25, 0.3) is 0 Å². The predicted octanol–water partition coefficient (Wildman–Crippen LogP) is 2.20. The third-order valence-corrected chi connectivity index (χ3v) is 5.44. The first-order valence-electron chi connectivity index (χ1n) is 10.0. The standard InChI is InChI=1S/C23H27NO6/c1-5-29-22(28)19-13(2)24-15-10-23(3,4)11-16(25)21(15)20(19)14-8-6-7-9-17(14)30-12-18(26)27/h6-9,19-20H,5,10-12H2,1-4H3,(H,26,27)/p-1/t19?,20-/m0/s1. The van der Waals surface area contributed by atoms with Gasteiger partial charge in [0.1, 0.15) is 18.3 Å². The van der Waals surface area contributed by atoms with Crippen LogP contribution >= 0.6 is 0 Å². The molecule has 1 aromatic rings. The SMILES string of the molecule is CCOC(=O)C1C(C)=NC2=C(C(=O)CC(C)(C)C2)[C@H]1c1ccccc1OCC(=O)[O-].